The van der Waals surface area contributed by atoms with Crippen LogP contribution in [-0.2, 0) is 6.42 Å². The van der Waals surface area contributed by atoms with Crippen LogP contribution in [0.2, 0.25) is 0 Å². The van der Waals surface area contributed by atoms with E-state index in [1.54, 1.807) is 0 Å². The van der Waals surface area contributed by atoms with Gasteiger partial charge in [-0.15, -0.1) is 0 Å². The molecule has 0 aliphatic heterocycles. The smallest absolute Gasteiger partial charge is 0.0346 e. The maximum Gasteiger partial charge on any atom is 0.0346 e. The summed E-state index contributed by atoms with van der Waals surface area (Å²) in [5.74, 6) is 0.560. The van der Waals surface area contributed by atoms with Crippen LogP contribution in [0.5, 0.6) is 0 Å². The van der Waals surface area contributed by atoms with Crippen molar-refractivity contribution in [2.45, 2.75) is 33.2 Å². The van der Waals surface area contributed by atoms with Gasteiger partial charge in [-0.3, -0.25) is 0 Å². The average Bonchev–Trinajstić information content (AvgIpc) is 2.45. The summed E-state index contributed by atoms with van der Waals surface area (Å²) in [6, 6.07) is 17.9. The Morgan fingerprint density at radius 3 is 2.25 bits per heavy atom. The van der Waals surface area contributed by atoms with Gasteiger partial charge in [-0.1, -0.05) is 55.5 Å². The molecule has 1 nitrogen and oxygen atoms in total. The van der Waals surface area contributed by atoms with E-state index in [4.69, 9.17) is 0 Å². The Morgan fingerprint density at radius 2 is 1.65 bits per heavy atom. The third kappa shape index (κ3) is 3.49. The number of benzene rings is 2. The fraction of sp³-hybridized carbons (Fsp3) is 0.368. The summed E-state index contributed by atoms with van der Waals surface area (Å²) >= 11 is 0. The normalized spacial score (nSPS) is 14.0. The summed E-state index contributed by atoms with van der Waals surface area (Å²) in [5.41, 5.74) is 5.55. The molecule has 1 heteroatoms. The first-order valence-corrected chi connectivity index (χ1v) is 7.40. The topological polar surface area (TPSA) is 12.0 Å². The fourth-order valence-corrected chi connectivity index (χ4v) is 2.86. The van der Waals surface area contributed by atoms with Gasteiger partial charge in [0, 0.05) is 6.04 Å². The molecule has 2 rings (SSSR count). The second-order valence-corrected chi connectivity index (χ2v) is 5.78. The van der Waals surface area contributed by atoms with Crippen LogP contribution in [0.1, 0.15) is 35.2 Å². The van der Waals surface area contributed by atoms with Gasteiger partial charge in [-0.25, -0.2) is 0 Å². The van der Waals surface area contributed by atoms with Gasteiger partial charge >= 0.3 is 0 Å². The van der Waals surface area contributed by atoms with Crippen LogP contribution in [0.3, 0.4) is 0 Å². The lowest BCUT2D eigenvalue weighted by molar-refractivity contribution is 0.409. The van der Waals surface area contributed by atoms with E-state index in [9.17, 15) is 0 Å². The Hall–Kier alpha value is -1.60. The van der Waals surface area contributed by atoms with Crippen LogP contribution in [0.25, 0.3) is 0 Å². The molecule has 106 valence electrons. The summed E-state index contributed by atoms with van der Waals surface area (Å²) in [5, 5.41) is 3.46. The molecule has 0 saturated heterocycles. The zero-order valence-electron chi connectivity index (χ0n) is 13.0. The molecule has 2 aromatic rings. The van der Waals surface area contributed by atoms with E-state index in [2.05, 4.69) is 81.7 Å². The van der Waals surface area contributed by atoms with E-state index < -0.39 is 0 Å². The van der Waals surface area contributed by atoms with Crippen LogP contribution in [-0.4, -0.2) is 7.05 Å². The third-order valence-corrected chi connectivity index (χ3v) is 4.17. The van der Waals surface area contributed by atoms with Crippen molar-refractivity contribution in [3.8, 4) is 0 Å². The molecular weight excluding hydrogens is 242 g/mol. The monoisotopic (exact) mass is 267 g/mol. The summed E-state index contributed by atoms with van der Waals surface area (Å²) in [7, 11) is 2.05. The van der Waals surface area contributed by atoms with Gasteiger partial charge in [0.1, 0.15) is 0 Å². The molecule has 0 amide bonds. The highest BCUT2D eigenvalue weighted by Crippen LogP contribution is 2.25. The van der Waals surface area contributed by atoms with Gasteiger partial charge in [-0.05, 0) is 55.5 Å². The molecule has 0 aliphatic rings. The van der Waals surface area contributed by atoms with Crippen LogP contribution < -0.4 is 5.32 Å². The highest BCUT2D eigenvalue weighted by atomic mass is 14.9. The Labute approximate surface area is 123 Å². The molecule has 0 saturated carbocycles. The minimum Gasteiger partial charge on any atom is -0.313 e. The molecule has 0 bridgehead atoms. The number of hydrogen-bond acceptors (Lipinski definition) is 1. The molecule has 1 N–H and O–H groups in total. The standard InChI is InChI=1S/C19H25N/c1-14-10-11-17(12-15(14)2)13-16(3)19(20-4)18-8-6-5-7-9-18/h5-12,16,19-20H,13H2,1-4H3. The van der Waals surface area contributed by atoms with Crippen molar-refractivity contribution in [1.82, 2.24) is 5.32 Å². The van der Waals surface area contributed by atoms with Crippen LogP contribution in [0.4, 0.5) is 0 Å². The summed E-state index contributed by atoms with van der Waals surface area (Å²) < 4.78 is 0. The molecule has 0 radical (unpaired) electrons. The Bertz CT molecular complexity index is 545. The molecule has 0 aromatic heterocycles. The lowest BCUT2D eigenvalue weighted by Gasteiger charge is -2.24. The van der Waals surface area contributed by atoms with Crippen molar-refractivity contribution in [2.75, 3.05) is 7.05 Å². The van der Waals surface area contributed by atoms with Crippen molar-refractivity contribution in [2.24, 2.45) is 5.92 Å². The SMILES string of the molecule is CNC(c1ccccc1)C(C)Cc1ccc(C)c(C)c1. The molecular formula is C19H25N. The fourth-order valence-electron chi connectivity index (χ4n) is 2.86. The van der Waals surface area contributed by atoms with Gasteiger partial charge in [0.05, 0.1) is 0 Å². The third-order valence-electron chi connectivity index (χ3n) is 4.17. The van der Waals surface area contributed by atoms with Gasteiger partial charge in [-0.2, -0.15) is 0 Å². The lowest BCUT2D eigenvalue weighted by atomic mass is 9.88. The van der Waals surface area contributed by atoms with E-state index in [1.165, 1.54) is 22.3 Å². The minimum absolute atomic E-state index is 0.401. The second kappa shape index (κ2) is 6.71. The van der Waals surface area contributed by atoms with Crippen LogP contribution in [0, 0.1) is 19.8 Å². The zero-order valence-corrected chi connectivity index (χ0v) is 13.0. The maximum atomic E-state index is 3.46. The predicted octanol–water partition coefficient (Wildman–Crippen LogP) is 4.44. The molecule has 0 aliphatic carbocycles. The first-order valence-electron chi connectivity index (χ1n) is 7.40. The van der Waals surface area contributed by atoms with Gasteiger partial charge in [0.15, 0.2) is 0 Å². The molecule has 0 heterocycles. The van der Waals surface area contributed by atoms with Crippen molar-refractivity contribution >= 4 is 0 Å². The number of nitrogens with one attached hydrogen (secondary N) is 1. The highest BCUT2D eigenvalue weighted by Gasteiger charge is 2.17. The Balaban J connectivity index is 2.13. The maximum absolute atomic E-state index is 3.46. The van der Waals surface area contributed by atoms with Crippen molar-refractivity contribution in [3.63, 3.8) is 0 Å². The van der Waals surface area contributed by atoms with E-state index >= 15 is 0 Å². The highest BCUT2D eigenvalue weighted by molar-refractivity contribution is 5.30. The Kier molecular flexibility index (Phi) is 4.97. The minimum atomic E-state index is 0.401. The molecule has 20 heavy (non-hydrogen) atoms. The molecule has 2 unspecified atom stereocenters. The number of aryl methyl sites for hydroxylation is 2. The molecule has 2 aromatic carbocycles. The Morgan fingerprint density at radius 1 is 0.950 bits per heavy atom. The van der Waals surface area contributed by atoms with Crippen LogP contribution >= 0.6 is 0 Å². The van der Waals surface area contributed by atoms with Gasteiger partial charge < -0.3 is 5.32 Å². The lowest BCUT2D eigenvalue weighted by Crippen LogP contribution is -2.24. The van der Waals surface area contributed by atoms with Crippen molar-refractivity contribution in [3.05, 3.63) is 70.8 Å². The molecule has 2 atom stereocenters. The van der Waals surface area contributed by atoms with E-state index in [0.29, 0.717) is 12.0 Å². The van der Waals surface area contributed by atoms with Crippen molar-refractivity contribution < 1.29 is 0 Å². The number of rotatable bonds is 5. The van der Waals surface area contributed by atoms with E-state index in [0.717, 1.165) is 6.42 Å². The average molecular weight is 267 g/mol. The second-order valence-electron chi connectivity index (χ2n) is 5.78. The summed E-state index contributed by atoms with van der Waals surface area (Å²) in [6.45, 7) is 6.68. The van der Waals surface area contributed by atoms with E-state index in [1.807, 2.05) is 0 Å². The zero-order chi connectivity index (χ0) is 14.5. The summed E-state index contributed by atoms with van der Waals surface area (Å²) in [4.78, 5) is 0. The first kappa shape index (κ1) is 14.8. The molecule has 0 fully saturated rings. The quantitative estimate of drug-likeness (QED) is 0.844. The number of hydrogen-bond donors (Lipinski definition) is 1. The largest absolute Gasteiger partial charge is 0.313 e. The van der Waals surface area contributed by atoms with Crippen molar-refractivity contribution in [1.29, 1.82) is 0 Å². The molecule has 0 spiro atoms. The van der Waals surface area contributed by atoms with Gasteiger partial charge in [0.2, 0.25) is 0 Å². The van der Waals surface area contributed by atoms with E-state index in [-0.39, 0.29) is 0 Å². The summed E-state index contributed by atoms with van der Waals surface area (Å²) in [6.07, 6.45) is 1.10. The van der Waals surface area contributed by atoms with Crippen LogP contribution in [0.15, 0.2) is 48.5 Å². The first-order chi connectivity index (χ1) is 9.61. The van der Waals surface area contributed by atoms with Gasteiger partial charge in [0.25, 0.3) is 0 Å². The predicted molar refractivity (Wildman–Crippen MR) is 87.0 cm³/mol.